The van der Waals surface area contributed by atoms with E-state index in [-0.39, 0.29) is 5.41 Å². The SMILES string of the molecule is CC(C)NCCC(C)(C)c1ccccc1Cl. The number of nitrogens with one attached hydrogen (secondary N) is 1. The zero-order valence-electron chi connectivity index (χ0n) is 10.7. The van der Waals surface area contributed by atoms with Gasteiger partial charge in [-0.3, -0.25) is 0 Å². The first-order valence-corrected chi connectivity index (χ1v) is 6.29. The molecule has 0 aliphatic heterocycles. The van der Waals surface area contributed by atoms with Gasteiger partial charge in [-0.05, 0) is 30.0 Å². The predicted octanol–water partition coefficient (Wildman–Crippen LogP) is 4.01. The molecule has 1 aromatic rings. The topological polar surface area (TPSA) is 12.0 Å². The minimum absolute atomic E-state index is 0.125. The van der Waals surface area contributed by atoms with Crippen molar-refractivity contribution in [3.05, 3.63) is 34.9 Å². The van der Waals surface area contributed by atoms with Crippen molar-refractivity contribution >= 4 is 11.6 Å². The van der Waals surface area contributed by atoms with Crippen molar-refractivity contribution in [2.45, 2.75) is 45.6 Å². The Kier molecular flexibility index (Phi) is 4.82. The Balaban J connectivity index is 2.66. The lowest BCUT2D eigenvalue weighted by Gasteiger charge is -2.27. The highest BCUT2D eigenvalue weighted by atomic mass is 35.5. The second-order valence-electron chi connectivity index (χ2n) is 5.22. The summed E-state index contributed by atoms with van der Waals surface area (Å²) in [5, 5.41) is 4.32. The summed E-state index contributed by atoms with van der Waals surface area (Å²) in [5.74, 6) is 0. The molecule has 1 nitrogen and oxygen atoms in total. The van der Waals surface area contributed by atoms with Crippen LogP contribution in [0.1, 0.15) is 39.7 Å². The Morgan fingerprint density at radius 1 is 1.25 bits per heavy atom. The predicted molar refractivity (Wildman–Crippen MR) is 72.2 cm³/mol. The number of hydrogen-bond donors (Lipinski definition) is 1. The van der Waals surface area contributed by atoms with Gasteiger partial charge in [-0.1, -0.05) is 57.5 Å². The van der Waals surface area contributed by atoms with Crippen molar-refractivity contribution in [2.24, 2.45) is 0 Å². The van der Waals surface area contributed by atoms with E-state index >= 15 is 0 Å². The molecule has 1 N–H and O–H groups in total. The molecule has 0 unspecified atom stereocenters. The molecule has 0 heterocycles. The Bertz CT molecular complexity index is 331. The van der Waals surface area contributed by atoms with Gasteiger partial charge in [0.25, 0.3) is 0 Å². The quantitative estimate of drug-likeness (QED) is 0.819. The van der Waals surface area contributed by atoms with Gasteiger partial charge in [0.1, 0.15) is 0 Å². The molecule has 1 aromatic carbocycles. The second-order valence-corrected chi connectivity index (χ2v) is 5.63. The Labute approximate surface area is 104 Å². The third kappa shape index (κ3) is 3.80. The Hall–Kier alpha value is -0.530. The molecular formula is C14H22ClN. The fourth-order valence-electron chi connectivity index (χ4n) is 1.82. The van der Waals surface area contributed by atoms with Gasteiger partial charge in [-0.25, -0.2) is 0 Å². The molecule has 1 rings (SSSR count). The Morgan fingerprint density at radius 3 is 2.44 bits per heavy atom. The van der Waals surface area contributed by atoms with E-state index in [1.165, 1.54) is 5.56 Å². The lowest BCUT2D eigenvalue weighted by Crippen LogP contribution is -2.29. The van der Waals surface area contributed by atoms with Gasteiger partial charge in [-0.15, -0.1) is 0 Å². The molecular weight excluding hydrogens is 218 g/mol. The largest absolute Gasteiger partial charge is 0.315 e. The maximum Gasteiger partial charge on any atom is 0.0443 e. The molecule has 0 saturated carbocycles. The van der Waals surface area contributed by atoms with E-state index in [2.05, 4.69) is 45.1 Å². The first-order chi connectivity index (χ1) is 7.43. The molecule has 16 heavy (non-hydrogen) atoms. The maximum absolute atomic E-state index is 6.23. The number of hydrogen-bond acceptors (Lipinski definition) is 1. The minimum Gasteiger partial charge on any atom is -0.315 e. The summed E-state index contributed by atoms with van der Waals surface area (Å²) in [7, 11) is 0. The fraction of sp³-hybridized carbons (Fsp3) is 0.571. The molecule has 0 amide bonds. The van der Waals surface area contributed by atoms with Gasteiger partial charge in [0.05, 0.1) is 0 Å². The Morgan fingerprint density at radius 2 is 1.88 bits per heavy atom. The van der Waals surface area contributed by atoms with Crippen LogP contribution in [-0.2, 0) is 5.41 Å². The van der Waals surface area contributed by atoms with Crippen LogP contribution in [0.5, 0.6) is 0 Å². The van der Waals surface area contributed by atoms with Crippen LogP contribution in [0, 0.1) is 0 Å². The first-order valence-electron chi connectivity index (χ1n) is 5.92. The van der Waals surface area contributed by atoms with E-state index < -0.39 is 0 Å². The van der Waals surface area contributed by atoms with Crippen molar-refractivity contribution in [1.29, 1.82) is 0 Å². The summed E-state index contributed by atoms with van der Waals surface area (Å²) in [6.07, 6.45) is 1.09. The molecule has 0 fully saturated rings. The maximum atomic E-state index is 6.23. The summed E-state index contributed by atoms with van der Waals surface area (Å²) in [5.41, 5.74) is 1.36. The molecule has 0 saturated heterocycles. The molecule has 0 radical (unpaired) electrons. The van der Waals surface area contributed by atoms with E-state index in [1.807, 2.05) is 12.1 Å². The standard InChI is InChI=1S/C14H22ClN/c1-11(2)16-10-9-14(3,4)12-7-5-6-8-13(12)15/h5-8,11,16H,9-10H2,1-4H3. The molecule has 2 heteroatoms. The highest BCUT2D eigenvalue weighted by molar-refractivity contribution is 6.31. The smallest absolute Gasteiger partial charge is 0.0443 e. The van der Waals surface area contributed by atoms with Crippen molar-refractivity contribution in [2.75, 3.05) is 6.54 Å². The minimum atomic E-state index is 0.125. The average molecular weight is 240 g/mol. The average Bonchev–Trinajstić information content (AvgIpc) is 2.17. The fourth-order valence-corrected chi connectivity index (χ4v) is 2.21. The number of halogens is 1. The van der Waals surface area contributed by atoms with Crippen LogP contribution in [0.2, 0.25) is 5.02 Å². The van der Waals surface area contributed by atoms with Crippen LogP contribution >= 0.6 is 11.6 Å². The molecule has 90 valence electrons. The van der Waals surface area contributed by atoms with Crippen LogP contribution in [-0.4, -0.2) is 12.6 Å². The van der Waals surface area contributed by atoms with E-state index in [0.717, 1.165) is 18.0 Å². The van der Waals surface area contributed by atoms with E-state index in [4.69, 9.17) is 11.6 Å². The van der Waals surface area contributed by atoms with Crippen LogP contribution in [0.4, 0.5) is 0 Å². The second kappa shape index (κ2) is 5.70. The highest BCUT2D eigenvalue weighted by Crippen LogP contribution is 2.32. The summed E-state index contributed by atoms with van der Waals surface area (Å²) in [4.78, 5) is 0. The van der Waals surface area contributed by atoms with Gasteiger partial charge in [0.2, 0.25) is 0 Å². The van der Waals surface area contributed by atoms with E-state index in [1.54, 1.807) is 0 Å². The van der Waals surface area contributed by atoms with Gasteiger partial charge >= 0.3 is 0 Å². The molecule has 0 aliphatic carbocycles. The van der Waals surface area contributed by atoms with Gasteiger partial charge < -0.3 is 5.32 Å². The summed E-state index contributed by atoms with van der Waals surface area (Å²) in [6, 6.07) is 8.67. The van der Waals surface area contributed by atoms with Crippen LogP contribution in [0.3, 0.4) is 0 Å². The van der Waals surface area contributed by atoms with Gasteiger partial charge in [0.15, 0.2) is 0 Å². The van der Waals surface area contributed by atoms with Gasteiger partial charge in [-0.2, -0.15) is 0 Å². The zero-order chi connectivity index (χ0) is 12.2. The third-order valence-corrected chi connectivity index (χ3v) is 3.24. The van der Waals surface area contributed by atoms with Crippen LogP contribution < -0.4 is 5.32 Å². The number of rotatable bonds is 5. The lowest BCUT2D eigenvalue weighted by atomic mass is 9.81. The van der Waals surface area contributed by atoms with E-state index in [0.29, 0.717) is 6.04 Å². The van der Waals surface area contributed by atoms with Crippen LogP contribution in [0.15, 0.2) is 24.3 Å². The lowest BCUT2D eigenvalue weighted by molar-refractivity contribution is 0.441. The van der Waals surface area contributed by atoms with Crippen LogP contribution in [0.25, 0.3) is 0 Å². The molecule has 0 spiro atoms. The summed E-state index contributed by atoms with van der Waals surface area (Å²) >= 11 is 6.23. The zero-order valence-corrected chi connectivity index (χ0v) is 11.4. The molecule has 0 aromatic heterocycles. The van der Waals surface area contributed by atoms with Gasteiger partial charge in [0, 0.05) is 11.1 Å². The summed E-state index contributed by atoms with van der Waals surface area (Å²) < 4.78 is 0. The van der Waals surface area contributed by atoms with Crippen molar-refractivity contribution < 1.29 is 0 Å². The normalized spacial score (nSPS) is 12.1. The van der Waals surface area contributed by atoms with Crippen molar-refractivity contribution in [3.63, 3.8) is 0 Å². The first kappa shape index (κ1) is 13.5. The monoisotopic (exact) mass is 239 g/mol. The third-order valence-electron chi connectivity index (χ3n) is 2.91. The molecule has 0 atom stereocenters. The number of benzene rings is 1. The van der Waals surface area contributed by atoms with E-state index in [9.17, 15) is 0 Å². The summed E-state index contributed by atoms with van der Waals surface area (Å²) in [6.45, 7) is 9.85. The van der Waals surface area contributed by atoms with Crippen molar-refractivity contribution in [3.8, 4) is 0 Å². The van der Waals surface area contributed by atoms with Crippen molar-refractivity contribution in [1.82, 2.24) is 5.32 Å². The molecule has 0 aliphatic rings. The molecule has 0 bridgehead atoms. The highest BCUT2D eigenvalue weighted by Gasteiger charge is 2.22.